The number of nitrogens with one attached hydrogen (secondary N) is 1. The van der Waals surface area contributed by atoms with Crippen LogP contribution in [0.1, 0.15) is 37.8 Å². The summed E-state index contributed by atoms with van der Waals surface area (Å²) in [5, 5.41) is 2.76. The molecular formula is C19H26N2O4. The summed E-state index contributed by atoms with van der Waals surface area (Å²) in [6, 6.07) is 5.79. The number of amides is 2. The van der Waals surface area contributed by atoms with Crippen LogP contribution in [0.2, 0.25) is 0 Å². The molecule has 136 valence electrons. The molecule has 25 heavy (non-hydrogen) atoms. The predicted molar refractivity (Wildman–Crippen MR) is 95.1 cm³/mol. The first-order valence-electron chi connectivity index (χ1n) is 8.83. The number of piperidine rings is 1. The minimum Gasteiger partial charge on any atom is -0.466 e. The van der Waals surface area contributed by atoms with Crippen molar-refractivity contribution in [3.63, 3.8) is 0 Å². The molecule has 1 N–H and O–H groups in total. The highest BCUT2D eigenvalue weighted by atomic mass is 16.5. The molecule has 0 spiro atoms. The lowest BCUT2D eigenvalue weighted by atomic mass is 9.97. The van der Waals surface area contributed by atoms with E-state index in [1.54, 1.807) is 6.92 Å². The maximum Gasteiger partial charge on any atom is 0.313 e. The van der Waals surface area contributed by atoms with Crippen molar-refractivity contribution in [1.29, 1.82) is 0 Å². The van der Waals surface area contributed by atoms with Crippen molar-refractivity contribution in [2.75, 3.05) is 25.0 Å². The minimum absolute atomic E-state index is 0.185. The van der Waals surface area contributed by atoms with Gasteiger partial charge in [-0.1, -0.05) is 25.1 Å². The van der Waals surface area contributed by atoms with Crippen LogP contribution in [-0.4, -0.2) is 42.4 Å². The predicted octanol–water partition coefficient (Wildman–Crippen LogP) is 2.30. The lowest BCUT2D eigenvalue weighted by molar-refractivity contribution is -0.152. The van der Waals surface area contributed by atoms with Gasteiger partial charge in [0.15, 0.2) is 0 Å². The van der Waals surface area contributed by atoms with E-state index in [9.17, 15) is 14.4 Å². The Labute approximate surface area is 148 Å². The number of anilines is 1. The van der Waals surface area contributed by atoms with Crippen LogP contribution in [0.15, 0.2) is 18.2 Å². The summed E-state index contributed by atoms with van der Waals surface area (Å²) in [4.78, 5) is 38.0. The summed E-state index contributed by atoms with van der Waals surface area (Å²) in [6.07, 6.45) is 1.83. The highest BCUT2D eigenvalue weighted by Crippen LogP contribution is 2.22. The Morgan fingerprint density at radius 3 is 2.48 bits per heavy atom. The molecule has 1 saturated heterocycles. The average molecular weight is 346 g/mol. The number of para-hydroxylation sites is 1. The molecule has 1 fully saturated rings. The minimum atomic E-state index is -0.626. The van der Waals surface area contributed by atoms with Gasteiger partial charge in [0.05, 0.1) is 12.5 Å². The molecule has 0 atom stereocenters. The molecule has 1 aromatic carbocycles. The molecule has 2 rings (SSSR count). The van der Waals surface area contributed by atoms with E-state index in [0.29, 0.717) is 38.2 Å². The third-order valence-corrected chi connectivity index (χ3v) is 4.57. The number of aryl methyl sites for hydroxylation is 2. The third-order valence-electron chi connectivity index (χ3n) is 4.57. The maximum atomic E-state index is 12.4. The Hall–Kier alpha value is -2.37. The van der Waals surface area contributed by atoms with Crippen LogP contribution in [0.25, 0.3) is 0 Å². The molecule has 0 aliphatic carbocycles. The van der Waals surface area contributed by atoms with Gasteiger partial charge in [-0.25, -0.2) is 0 Å². The van der Waals surface area contributed by atoms with E-state index in [2.05, 4.69) is 5.32 Å². The first-order valence-corrected chi connectivity index (χ1v) is 8.83. The smallest absolute Gasteiger partial charge is 0.313 e. The van der Waals surface area contributed by atoms with Gasteiger partial charge in [-0.2, -0.15) is 0 Å². The highest BCUT2D eigenvalue weighted by molar-refractivity contribution is 6.39. The zero-order valence-electron chi connectivity index (χ0n) is 15.1. The molecule has 0 radical (unpaired) electrons. The van der Waals surface area contributed by atoms with Gasteiger partial charge in [-0.05, 0) is 44.2 Å². The Balaban J connectivity index is 1.96. The normalized spacial score (nSPS) is 14.9. The van der Waals surface area contributed by atoms with Gasteiger partial charge < -0.3 is 15.0 Å². The zero-order chi connectivity index (χ0) is 18.4. The molecule has 0 saturated carbocycles. The second-order valence-electron chi connectivity index (χ2n) is 6.24. The number of hydrogen-bond acceptors (Lipinski definition) is 4. The fourth-order valence-electron chi connectivity index (χ4n) is 3.09. The molecule has 0 bridgehead atoms. The molecule has 6 heteroatoms. The molecular weight excluding hydrogens is 320 g/mol. The van der Waals surface area contributed by atoms with Crippen LogP contribution in [0.3, 0.4) is 0 Å². The summed E-state index contributed by atoms with van der Waals surface area (Å²) in [5.41, 5.74) is 2.65. The number of likely N-dealkylation sites (tertiary alicyclic amines) is 1. The van der Waals surface area contributed by atoms with E-state index in [-0.39, 0.29) is 11.9 Å². The Morgan fingerprint density at radius 1 is 1.20 bits per heavy atom. The molecule has 1 heterocycles. The first-order chi connectivity index (χ1) is 12.0. The fraction of sp³-hybridized carbons (Fsp3) is 0.526. The van der Waals surface area contributed by atoms with Gasteiger partial charge in [0.25, 0.3) is 0 Å². The van der Waals surface area contributed by atoms with Gasteiger partial charge in [0.1, 0.15) is 0 Å². The molecule has 1 aromatic rings. The second-order valence-corrected chi connectivity index (χ2v) is 6.24. The number of benzene rings is 1. The molecule has 1 aliphatic heterocycles. The standard InChI is InChI=1S/C19H26N2O4/c1-4-14-8-6-7-13(3)16(14)20-17(22)18(23)21-11-9-15(10-12-21)19(24)25-5-2/h6-8,15H,4-5,9-12H2,1-3H3,(H,20,22). The first kappa shape index (κ1) is 19.0. The maximum absolute atomic E-state index is 12.4. The highest BCUT2D eigenvalue weighted by Gasteiger charge is 2.31. The molecule has 2 amide bonds. The van der Waals surface area contributed by atoms with E-state index >= 15 is 0 Å². The lowest BCUT2D eigenvalue weighted by Gasteiger charge is -2.30. The Kier molecular flexibility index (Phi) is 6.56. The molecule has 1 aliphatic rings. The number of esters is 1. The van der Waals surface area contributed by atoms with Crippen molar-refractivity contribution in [2.45, 2.75) is 40.0 Å². The summed E-state index contributed by atoms with van der Waals surface area (Å²) in [6.45, 7) is 6.83. The van der Waals surface area contributed by atoms with E-state index < -0.39 is 11.8 Å². The Morgan fingerprint density at radius 2 is 1.88 bits per heavy atom. The Bertz CT molecular complexity index is 649. The van der Waals surface area contributed by atoms with Crippen LogP contribution < -0.4 is 5.32 Å². The van der Waals surface area contributed by atoms with E-state index in [1.807, 2.05) is 32.0 Å². The van der Waals surface area contributed by atoms with Crippen molar-refractivity contribution in [1.82, 2.24) is 4.90 Å². The molecule has 6 nitrogen and oxygen atoms in total. The number of carbonyl (C=O) groups is 3. The molecule has 0 aromatic heterocycles. The van der Waals surface area contributed by atoms with Gasteiger partial charge >= 0.3 is 17.8 Å². The number of rotatable bonds is 4. The third kappa shape index (κ3) is 4.59. The van der Waals surface area contributed by atoms with Gasteiger partial charge in [-0.3, -0.25) is 14.4 Å². The monoisotopic (exact) mass is 346 g/mol. The summed E-state index contributed by atoms with van der Waals surface area (Å²) in [5.74, 6) is -1.58. The lowest BCUT2D eigenvalue weighted by Crippen LogP contribution is -2.45. The van der Waals surface area contributed by atoms with Crippen LogP contribution >= 0.6 is 0 Å². The van der Waals surface area contributed by atoms with Crippen LogP contribution in [0, 0.1) is 12.8 Å². The van der Waals surface area contributed by atoms with Gasteiger partial charge in [0.2, 0.25) is 0 Å². The van der Waals surface area contributed by atoms with Gasteiger partial charge in [0, 0.05) is 18.8 Å². The number of ether oxygens (including phenoxy) is 1. The number of carbonyl (C=O) groups excluding carboxylic acids is 3. The molecule has 0 unspecified atom stereocenters. The van der Waals surface area contributed by atoms with Crippen molar-refractivity contribution >= 4 is 23.5 Å². The number of nitrogens with zero attached hydrogens (tertiary/aromatic N) is 1. The van der Waals surface area contributed by atoms with Crippen molar-refractivity contribution in [2.24, 2.45) is 5.92 Å². The van der Waals surface area contributed by atoms with Crippen molar-refractivity contribution in [3.8, 4) is 0 Å². The quantitative estimate of drug-likeness (QED) is 0.670. The second kappa shape index (κ2) is 8.65. The van der Waals surface area contributed by atoms with E-state index in [0.717, 1.165) is 17.5 Å². The van der Waals surface area contributed by atoms with E-state index in [4.69, 9.17) is 4.74 Å². The van der Waals surface area contributed by atoms with Crippen molar-refractivity contribution in [3.05, 3.63) is 29.3 Å². The van der Waals surface area contributed by atoms with Crippen LogP contribution in [0.5, 0.6) is 0 Å². The van der Waals surface area contributed by atoms with Crippen molar-refractivity contribution < 1.29 is 19.1 Å². The van der Waals surface area contributed by atoms with Gasteiger partial charge in [-0.15, -0.1) is 0 Å². The zero-order valence-corrected chi connectivity index (χ0v) is 15.1. The van der Waals surface area contributed by atoms with Crippen LogP contribution in [-0.2, 0) is 25.5 Å². The SMILES string of the molecule is CCOC(=O)C1CCN(C(=O)C(=O)Nc2c(C)cccc2CC)CC1. The summed E-state index contributed by atoms with van der Waals surface area (Å²) in [7, 11) is 0. The summed E-state index contributed by atoms with van der Waals surface area (Å²) >= 11 is 0. The average Bonchev–Trinajstić information content (AvgIpc) is 2.63. The number of hydrogen-bond donors (Lipinski definition) is 1. The van der Waals surface area contributed by atoms with E-state index in [1.165, 1.54) is 4.90 Å². The van der Waals surface area contributed by atoms with Crippen LogP contribution in [0.4, 0.5) is 5.69 Å². The fourth-order valence-corrected chi connectivity index (χ4v) is 3.09. The summed E-state index contributed by atoms with van der Waals surface area (Å²) < 4.78 is 5.02. The topological polar surface area (TPSA) is 75.7 Å². The largest absolute Gasteiger partial charge is 0.466 e.